The van der Waals surface area contributed by atoms with Gasteiger partial charge in [-0.1, -0.05) is 13.0 Å². The number of benzene rings is 1. The van der Waals surface area contributed by atoms with Crippen LogP contribution in [-0.2, 0) is 6.42 Å². The normalized spacial score (nSPS) is 12.1. The monoisotopic (exact) mass is 289 g/mol. The summed E-state index contributed by atoms with van der Waals surface area (Å²) in [7, 11) is 3.31. The molecule has 114 valence electrons. The van der Waals surface area contributed by atoms with E-state index in [1.54, 1.807) is 20.5 Å². The molecule has 0 aliphatic rings. The second-order valence-corrected chi connectivity index (χ2v) is 4.84. The number of rotatable bonds is 8. The van der Waals surface area contributed by atoms with Crippen molar-refractivity contribution in [2.75, 3.05) is 20.8 Å². The van der Waals surface area contributed by atoms with Crippen LogP contribution in [0.25, 0.3) is 0 Å². The van der Waals surface area contributed by atoms with Gasteiger partial charge in [0.15, 0.2) is 11.5 Å². The number of furan rings is 1. The molecule has 0 radical (unpaired) electrons. The molecular weight excluding hydrogens is 266 g/mol. The Morgan fingerprint density at radius 1 is 1.14 bits per heavy atom. The predicted molar refractivity (Wildman–Crippen MR) is 83.0 cm³/mol. The van der Waals surface area contributed by atoms with Crippen molar-refractivity contribution in [1.29, 1.82) is 0 Å². The first-order valence-electron chi connectivity index (χ1n) is 7.26. The summed E-state index contributed by atoms with van der Waals surface area (Å²) in [5.41, 5.74) is 1.20. The minimum atomic E-state index is 0.264. The van der Waals surface area contributed by atoms with Crippen LogP contribution in [0, 0.1) is 0 Å². The van der Waals surface area contributed by atoms with Gasteiger partial charge in [-0.15, -0.1) is 0 Å². The molecule has 1 N–H and O–H groups in total. The Kier molecular flexibility index (Phi) is 5.69. The average Bonchev–Trinajstić information content (AvgIpc) is 3.04. The SMILES string of the molecule is CCNC(CCc1ccco1)c1ccc(OC)c(OC)c1. The van der Waals surface area contributed by atoms with Gasteiger partial charge in [0.05, 0.1) is 20.5 Å². The number of methoxy groups -OCH3 is 2. The summed E-state index contributed by atoms with van der Waals surface area (Å²) in [5.74, 6) is 2.52. The van der Waals surface area contributed by atoms with Crippen molar-refractivity contribution in [1.82, 2.24) is 5.32 Å². The molecule has 0 aliphatic heterocycles. The summed E-state index contributed by atoms with van der Waals surface area (Å²) < 4.78 is 16.1. The number of nitrogens with one attached hydrogen (secondary N) is 1. The minimum Gasteiger partial charge on any atom is -0.493 e. The Morgan fingerprint density at radius 3 is 2.57 bits per heavy atom. The van der Waals surface area contributed by atoms with Crippen LogP contribution >= 0.6 is 0 Å². The molecule has 2 rings (SSSR count). The van der Waals surface area contributed by atoms with Crippen molar-refractivity contribution in [2.24, 2.45) is 0 Å². The molecule has 0 bridgehead atoms. The summed E-state index contributed by atoms with van der Waals surface area (Å²) in [6.07, 6.45) is 3.59. The first-order valence-corrected chi connectivity index (χ1v) is 7.26. The van der Waals surface area contributed by atoms with E-state index in [2.05, 4.69) is 18.3 Å². The fourth-order valence-corrected chi connectivity index (χ4v) is 2.44. The standard InChI is InChI=1S/C17H23NO3/c1-4-18-15(9-8-14-6-5-11-21-14)13-7-10-16(19-2)17(12-13)20-3/h5-7,10-12,15,18H,4,8-9H2,1-3H3. The molecule has 0 fully saturated rings. The van der Waals surface area contributed by atoms with Crippen LogP contribution in [0.5, 0.6) is 11.5 Å². The van der Waals surface area contributed by atoms with Gasteiger partial charge in [-0.3, -0.25) is 0 Å². The molecule has 0 amide bonds. The van der Waals surface area contributed by atoms with Gasteiger partial charge in [0.25, 0.3) is 0 Å². The highest BCUT2D eigenvalue weighted by Gasteiger charge is 2.14. The molecule has 0 saturated heterocycles. The molecular formula is C17H23NO3. The third kappa shape index (κ3) is 4.02. The van der Waals surface area contributed by atoms with Crippen LogP contribution in [0.2, 0.25) is 0 Å². The molecule has 1 aromatic heterocycles. The zero-order chi connectivity index (χ0) is 15.1. The van der Waals surface area contributed by atoms with E-state index >= 15 is 0 Å². The number of ether oxygens (including phenoxy) is 2. The maximum Gasteiger partial charge on any atom is 0.161 e. The van der Waals surface area contributed by atoms with E-state index in [0.29, 0.717) is 0 Å². The lowest BCUT2D eigenvalue weighted by atomic mass is 10.0. The summed E-state index contributed by atoms with van der Waals surface area (Å²) in [6.45, 7) is 3.03. The largest absolute Gasteiger partial charge is 0.493 e. The van der Waals surface area contributed by atoms with Crippen molar-refractivity contribution < 1.29 is 13.9 Å². The fourth-order valence-electron chi connectivity index (χ4n) is 2.44. The molecule has 1 unspecified atom stereocenters. The van der Waals surface area contributed by atoms with E-state index in [1.807, 2.05) is 24.3 Å². The first-order chi connectivity index (χ1) is 10.3. The van der Waals surface area contributed by atoms with Gasteiger partial charge in [0.1, 0.15) is 5.76 Å². The lowest BCUT2D eigenvalue weighted by Crippen LogP contribution is -2.21. The smallest absolute Gasteiger partial charge is 0.161 e. The van der Waals surface area contributed by atoms with Crippen molar-refractivity contribution >= 4 is 0 Å². The van der Waals surface area contributed by atoms with Crippen LogP contribution in [-0.4, -0.2) is 20.8 Å². The van der Waals surface area contributed by atoms with Crippen molar-refractivity contribution in [2.45, 2.75) is 25.8 Å². The molecule has 4 heteroatoms. The summed E-state index contributed by atoms with van der Waals surface area (Å²) >= 11 is 0. The van der Waals surface area contributed by atoms with E-state index in [9.17, 15) is 0 Å². The van der Waals surface area contributed by atoms with Crippen LogP contribution < -0.4 is 14.8 Å². The van der Waals surface area contributed by atoms with Gasteiger partial charge in [0, 0.05) is 12.5 Å². The highest BCUT2D eigenvalue weighted by atomic mass is 16.5. The molecule has 21 heavy (non-hydrogen) atoms. The van der Waals surface area contributed by atoms with Crippen LogP contribution in [0.3, 0.4) is 0 Å². The van der Waals surface area contributed by atoms with Gasteiger partial charge in [0.2, 0.25) is 0 Å². The second-order valence-electron chi connectivity index (χ2n) is 4.84. The summed E-state index contributed by atoms with van der Waals surface area (Å²) in [4.78, 5) is 0. The molecule has 2 aromatic rings. The highest BCUT2D eigenvalue weighted by molar-refractivity contribution is 5.43. The number of hydrogen-bond acceptors (Lipinski definition) is 4. The maximum absolute atomic E-state index is 5.41. The number of hydrogen-bond donors (Lipinski definition) is 1. The average molecular weight is 289 g/mol. The third-order valence-corrected chi connectivity index (χ3v) is 3.52. The fraction of sp³-hybridized carbons (Fsp3) is 0.412. The summed E-state index contributed by atoms with van der Waals surface area (Å²) in [5, 5.41) is 3.51. The van der Waals surface area contributed by atoms with E-state index in [1.165, 1.54) is 5.56 Å². The van der Waals surface area contributed by atoms with E-state index < -0.39 is 0 Å². The number of aryl methyl sites for hydroxylation is 1. The Labute approximate surface area is 126 Å². The maximum atomic E-state index is 5.41. The Bertz CT molecular complexity index is 537. The zero-order valence-electron chi connectivity index (χ0n) is 12.9. The Hall–Kier alpha value is -1.94. The zero-order valence-corrected chi connectivity index (χ0v) is 12.9. The van der Waals surface area contributed by atoms with Crippen LogP contribution in [0.15, 0.2) is 41.0 Å². The van der Waals surface area contributed by atoms with Crippen molar-refractivity contribution in [3.05, 3.63) is 47.9 Å². The lowest BCUT2D eigenvalue weighted by Gasteiger charge is -2.19. The molecule has 0 spiro atoms. The quantitative estimate of drug-likeness (QED) is 0.806. The highest BCUT2D eigenvalue weighted by Crippen LogP contribution is 2.31. The van der Waals surface area contributed by atoms with Crippen molar-refractivity contribution in [3.8, 4) is 11.5 Å². The van der Waals surface area contributed by atoms with Gasteiger partial charge >= 0.3 is 0 Å². The molecule has 1 heterocycles. The Morgan fingerprint density at radius 2 is 1.95 bits per heavy atom. The van der Waals surface area contributed by atoms with Crippen molar-refractivity contribution in [3.63, 3.8) is 0 Å². The Balaban J connectivity index is 2.13. The first kappa shape index (κ1) is 15.4. The second kappa shape index (κ2) is 7.74. The van der Waals surface area contributed by atoms with Gasteiger partial charge < -0.3 is 19.2 Å². The molecule has 1 atom stereocenters. The molecule has 1 aromatic carbocycles. The van der Waals surface area contributed by atoms with Crippen LogP contribution in [0.1, 0.15) is 30.7 Å². The van der Waals surface area contributed by atoms with E-state index in [-0.39, 0.29) is 6.04 Å². The molecule has 0 saturated carbocycles. The van der Waals surface area contributed by atoms with Gasteiger partial charge in [-0.25, -0.2) is 0 Å². The van der Waals surface area contributed by atoms with Crippen LogP contribution in [0.4, 0.5) is 0 Å². The molecule has 0 aliphatic carbocycles. The lowest BCUT2D eigenvalue weighted by molar-refractivity contribution is 0.353. The van der Waals surface area contributed by atoms with E-state index in [0.717, 1.165) is 36.6 Å². The topological polar surface area (TPSA) is 43.6 Å². The minimum absolute atomic E-state index is 0.264. The van der Waals surface area contributed by atoms with E-state index in [4.69, 9.17) is 13.9 Å². The molecule has 4 nitrogen and oxygen atoms in total. The third-order valence-electron chi connectivity index (χ3n) is 3.52. The van der Waals surface area contributed by atoms with Gasteiger partial charge in [-0.2, -0.15) is 0 Å². The van der Waals surface area contributed by atoms with Gasteiger partial charge in [-0.05, 0) is 42.8 Å². The predicted octanol–water partition coefficient (Wildman–Crippen LogP) is 3.58. The summed E-state index contributed by atoms with van der Waals surface area (Å²) in [6, 6.07) is 10.3.